The third-order valence-electron chi connectivity index (χ3n) is 2.44. The number of hydrogen-bond donors (Lipinski definition) is 0. The molecule has 3 nitrogen and oxygen atoms in total. The molecular weight excluding hydrogens is 202 g/mol. The van der Waals surface area contributed by atoms with Crippen molar-refractivity contribution in [2.75, 3.05) is 6.54 Å². The molecule has 0 spiro atoms. The Morgan fingerprint density at radius 3 is 2.19 bits per heavy atom. The molecule has 0 radical (unpaired) electrons. The molecule has 0 bridgehead atoms. The minimum Gasteiger partial charge on any atom is -0.270 e. The number of carbonyl (C=O) groups excluding carboxylic acids is 2. The van der Waals surface area contributed by atoms with Crippen LogP contribution in [0.4, 0.5) is 0 Å². The van der Waals surface area contributed by atoms with Gasteiger partial charge < -0.3 is 0 Å². The molecule has 1 aromatic rings. The van der Waals surface area contributed by atoms with Gasteiger partial charge in [-0.05, 0) is 12.1 Å². The van der Waals surface area contributed by atoms with Crippen LogP contribution in [0.5, 0.6) is 0 Å². The molecule has 80 valence electrons. The zero-order valence-corrected chi connectivity index (χ0v) is 8.72. The third kappa shape index (κ3) is 1.56. The highest BCUT2D eigenvalue weighted by molar-refractivity contribution is 6.21. The van der Waals surface area contributed by atoms with Crippen molar-refractivity contribution in [3.05, 3.63) is 60.2 Å². The van der Waals surface area contributed by atoms with Gasteiger partial charge in [0.1, 0.15) is 0 Å². The van der Waals surface area contributed by atoms with Crippen LogP contribution in [-0.2, 0) is 0 Å². The Morgan fingerprint density at radius 1 is 1.12 bits per heavy atom. The summed E-state index contributed by atoms with van der Waals surface area (Å²) in [5.74, 6) is -0.455. The summed E-state index contributed by atoms with van der Waals surface area (Å²) < 4.78 is 0. The number of carbonyl (C=O) groups is 2. The summed E-state index contributed by atoms with van der Waals surface area (Å²) in [6.45, 7) is 3.82. The Morgan fingerprint density at radius 2 is 1.69 bits per heavy atom. The average Bonchev–Trinajstić information content (AvgIpc) is 2.55. The second-order valence-electron chi connectivity index (χ2n) is 3.43. The molecule has 3 heteroatoms. The lowest BCUT2D eigenvalue weighted by atomic mass is 10.1. The number of benzene rings is 1. The van der Waals surface area contributed by atoms with E-state index in [-0.39, 0.29) is 11.8 Å². The van der Waals surface area contributed by atoms with Crippen molar-refractivity contribution >= 4 is 11.8 Å². The van der Waals surface area contributed by atoms with E-state index in [9.17, 15) is 9.59 Å². The van der Waals surface area contributed by atoms with Crippen LogP contribution in [0.3, 0.4) is 0 Å². The van der Waals surface area contributed by atoms with Gasteiger partial charge in [0.2, 0.25) is 0 Å². The third-order valence-corrected chi connectivity index (χ3v) is 2.44. The van der Waals surface area contributed by atoms with Crippen LogP contribution in [0.25, 0.3) is 0 Å². The zero-order valence-electron chi connectivity index (χ0n) is 8.72. The molecule has 2 amide bonds. The Balaban J connectivity index is 2.28. The maximum Gasteiger partial charge on any atom is 0.261 e. The number of nitrogens with zero attached hydrogens (tertiary/aromatic N) is 1. The fraction of sp³-hybridized carbons (Fsp3) is 0.0769. The van der Waals surface area contributed by atoms with Crippen LogP contribution < -0.4 is 0 Å². The van der Waals surface area contributed by atoms with Gasteiger partial charge in [0.15, 0.2) is 0 Å². The summed E-state index contributed by atoms with van der Waals surface area (Å²) in [4.78, 5) is 24.9. The molecule has 2 rings (SSSR count). The molecule has 0 aliphatic carbocycles. The molecule has 1 aliphatic rings. The van der Waals surface area contributed by atoms with Crippen LogP contribution in [0, 0.1) is 0 Å². The number of amides is 2. The van der Waals surface area contributed by atoms with Crippen LogP contribution in [0.15, 0.2) is 49.1 Å². The van der Waals surface area contributed by atoms with Gasteiger partial charge in [-0.15, -0.1) is 0 Å². The number of rotatable bonds is 3. The van der Waals surface area contributed by atoms with E-state index in [1.54, 1.807) is 42.5 Å². The van der Waals surface area contributed by atoms with Gasteiger partial charge in [0, 0.05) is 6.54 Å². The quantitative estimate of drug-likeness (QED) is 0.569. The number of fused-ring (bicyclic) bond motifs is 1. The highest BCUT2D eigenvalue weighted by Gasteiger charge is 2.33. The first-order chi connectivity index (χ1) is 7.75. The van der Waals surface area contributed by atoms with Gasteiger partial charge in [-0.25, -0.2) is 0 Å². The first-order valence-corrected chi connectivity index (χ1v) is 4.98. The van der Waals surface area contributed by atoms with E-state index in [1.165, 1.54) is 4.90 Å². The van der Waals surface area contributed by atoms with Gasteiger partial charge in [-0.1, -0.05) is 36.9 Å². The Kier molecular flexibility index (Phi) is 2.68. The lowest BCUT2D eigenvalue weighted by Crippen LogP contribution is -2.29. The smallest absolute Gasteiger partial charge is 0.261 e. The van der Waals surface area contributed by atoms with Crippen molar-refractivity contribution in [3.63, 3.8) is 0 Å². The Hall–Kier alpha value is -2.16. The minimum atomic E-state index is -0.227. The van der Waals surface area contributed by atoms with E-state index in [2.05, 4.69) is 6.58 Å². The fourth-order valence-corrected chi connectivity index (χ4v) is 1.67. The van der Waals surface area contributed by atoms with Crippen molar-refractivity contribution in [1.82, 2.24) is 4.90 Å². The van der Waals surface area contributed by atoms with Crippen molar-refractivity contribution in [1.29, 1.82) is 0 Å². The summed E-state index contributed by atoms with van der Waals surface area (Å²) in [5.41, 5.74) is 0.971. The second kappa shape index (κ2) is 4.14. The summed E-state index contributed by atoms with van der Waals surface area (Å²) in [5, 5.41) is 0. The number of hydrogen-bond acceptors (Lipinski definition) is 2. The molecule has 1 aliphatic heterocycles. The van der Waals surface area contributed by atoms with E-state index in [0.717, 1.165) is 0 Å². The fourth-order valence-electron chi connectivity index (χ4n) is 1.67. The van der Waals surface area contributed by atoms with E-state index in [4.69, 9.17) is 0 Å². The Bertz CT molecular complexity index is 453. The van der Waals surface area contributed by atoms with Crippen LogP contribution in [0.1, 0.15) is 20.7 Å². The molecule has 0 atom stereocenters. The average molecular weight is 213 g/mol. The molecule has 1 aromatic carbocycles. The summed E-state index contributed by atoms with van der Waals surface area (Å²) >= 11 is 0. The summed E-state index contributed by atoms with van der Waals surface area (Å²) in [6, 6.07) is 6.86. The predicted molar refractivity (Wildman–Crippen MR) is 61.1 cm³/mol. The minimum absolute atomic E-state index is 0.227. The maximum atomic E-state index is 11.8. The molecule has 16 heavy (non-hydrogen) atoms. The highest BCUT2D eigenvalue weighted by Crippen LogP contribution is 2.21. The van der Waals surface area contributed by atoms with Crippen molar-refractivity contribution in [3.8, 4) is 0 Å². The SMILES string of the molecule is C=CC=CCN1C(=O)c2ccccc2C1=O. The predicted octanol–water partition coefficient (Wildman–Crippen LogP) is 2.02. The van der Waals surface area contributed by atoms with Crippen LogP contribution in [0.2, 0.25) is 0 Å². The molecule has 0 fully saturated rings. The molecule has 0 saturated heterocycles. The van der Waals surface area contributed by atoms with Crippen molar-refractivity contribution in [2.45, 2.75) is 0 Å². The first kappa shape index (κ1) is 10.4. The Labute approximate surface area is 93.7 Å². The molecule has 0 unspecified atom stereocenters. The topological polar surface area (TPSA) is 37.4 Å². The number of allylic oxidation sites excluding steroid dienone is 2. The lowest BCUT2D eigenvalue weighted by molar-refractivity contribution is 0.0672. The normalized spacial score (nSPS) is 14.6. The van der Waals surface area contributed by atoms with E-state index in [1.807, 2.05) is 0 Å². The van der Waals surface area contributed by atoms with Crippen LogP contribution >= 0.6 is 0 Å². The van der Waals surface area contributed by atoms with E-state index < -0.39 is 0 Å². The van der Waals surface area contributed by atoms with E-state index in [0.29, 0.717) is 17.7 Å². The van der Waals surface area contributed by atoms with Gasteiger partial charge in [-0.2, -0.15) is 0 Å². The van der Waals surface area contributed by atoms with Gasteiger partial charge in [0.25, 0.3) is 11.8 Å². The monoisotopic (exact) mass is 213 g/mol. The largest absolute Gasteiger partial charge is 0.270 e. The zero-order chi connectivity index (χ0) is 11.5. The molecule has 0 N–H and O–H groups in total. The molecule has 0 aromatic heterocycles. The molecule has 1 heterocycles. The lowest BCUT2D eigenvalue weighted by Gasteiger charge is -2.09. The van der Waals surface area contributed by atoms with Gasteiger partial charge in [0.05, 0.1) is 11.1 Å². The highest BCUT2D eigenvalue weighted by atomic mass is 16.2. The molecule has 0 saturated carbocycles. The summed E-state index contributed by atoms with van der Waals surface area (Å²) in [7, 11) is 0. The maximum absolute atomic E-state index is 11.8. The van der Waals surface area contributed by atoms with Gasteiger partial charge in [-0.3, -0.25) is 14.5 Å². The van der Waals surface area contributed by atoms with Crippen molar-refractivity contribution in [2.24, 2.45) is 0 Å². The van der Waals surface area contributed by atoms with E-state index >= 15 is 0 Å². The second-order valence-corrected chi connectivity index (χ2v) is 3.43. The number of imide groups is 1. The van der Waals surface area contributed by atoms with Crippen molar-refractivity contribution < 1.29 is 9.59 Å². The van der Waals surface area contributed by atoms with Crippen LogP contribution in [-0.4, -0.2) is 23.3 Å². The molecular formula is C13H11NO2. The summed E-state index contributed by atoms with van der Waals surface area (Å²) in [6.07, 6.45) is 5.05. The first-order valence-electron chi connectivity index (χ1n) is 4.98. The van der Waals surface area contributed by atoms with Gasteiger partial charge >= 0.3 is 0 Å². The standard InChI is InChI=1S/C13H11NO2/c1-2-3-6-9-14-12(15)10-7-4-5-8-11(10)13(14)16/h2-8H,1,9H2.